The highest BCUT2D eigenvalue weighted by molar-refractivity contribution is 5.88. The van der Waals surface area contributed by atoms with E-state index in [0.717, 1.165) is 47.4 Å². The molecule has 0 spiro atoms. The van der Waals surface area contributed by atoms with Gasteiger partial charge in [-0.3, -0.25) is 4.57 Å². The van der Waals surface area contributed by atoms with Gasteiger partial charge in [-0.25, -0.2) is 4.98 Å². The van der Waals surface area contributed by atoms with Crippen molar-refractivity contribution in [3.63, 3.8) is 0 Å². The van der Waals surface area contributed by atoms with Crippen LogP contribution < -0.4 is 0 Å². The van der Waals surface area contributed by atoms with E-state index in [0.29, 0.717) is 17.8 Å². The lowest BCUT2D eigenvalue weighted by molar-refractivity contribution is 0.573. The molecule has 228 valence electrons. The Hall–Kier alpha value is -5.21. The summed E-state index contributed by atoms with van der Waals surface area (Å²) in [5, 5.41) is 0. The highest BCUT2D eigenvalue weighted by Gasteiger charge is 2.39. The summed E-state index contributed by atoms with van der Waals surface area (Å²) in [6.45, 7) is 4.83. The number of fused-ring (bicyclic) bond motifs is 4. The van der Waals surface area contributed by atoms with E-state index in [1.165, 1.54) is 50.1 Å². The molecule has 0 radical (unpaired) electrons. The first kappa shape index (κ1) is 28.0. The molecule has 0 amide bonds. The van der Waals surface area contributed by atoms with E-state index in [2.05, 4.69) is 158 Å². The van der Waals surface area contributed by atoms with Crippen LogP contribution in [-0.4, -0.2) is 9.55 Å². The van der Waals surface area contributed by atoms with E-state index in [9.17, 15) is 0 Å². The monoisotopic (exact) mass is 606 g/mol. The number of nitrogens with zero attached hydrogens (tertiary/aromatic N) is 2. The molecule has 2 nitrogen and oxygen atoms in total. The fourth-order valence-corrected chi connectivity index (χ4v) is 8.49. The van der Waals surface area contributed by atoms with Gasteiger partial charge in [0.05, 0.1) is 11.0 Å². The molecule has 4 aromatic carbocycles. The summed E-state index contributed by atoms with van der Waals surface area (Å²) in [6.07, 6.45) is 17.7. The first-order chi connectivity index (χ1) is 23.2. The average Bonchev–Trinajstić information content (AvgIpc) is 3.51. The second-order valence-electron chi connectivity index (χ2n) is 13.5. The molecule has 0 saturated heterocycles. The van der Waals surface area contributed by atoms with Crippen molar-refractivity contribution in [2.45, 2.75) is 33.1 Å². The molecular weight excluding hydrogens is 569 g/mol. The van der Waals surface area contributed by atoms with Crippen LogP contribution >= 0.6 is 0 Å². The van der Waals surface area contributed by atoms with Gasteiger partial charge in [0.1, 0.15) is 5.82 Å². The summed E-state index contributed by atoms with van der Waals surface area (Å²) in [5.74, 6) is 2.16. The zero-order chi connectivity index (χ0) is 31.5. The zero-order valence-corrected chi connectivity index (χ0v) is 27.0. The van der Waals surface area contributed by atoms with Gasteiger partial charge in [-0.05, 0) is 105 Å². The summed E-state index contributed by atoms with van der Waals surface area (Å²) < 4.78 is 2.31. The van der Waals surface area contributed by atoms with Gasteiger partial charge in [0.2, 0.25) is 0 Å². The van der Waals surface area contributed by atoms with Gasteiger partial charge in [0.15, 0.2) is 0 Å². The quantitative estimate of drug-likeness (QED) is 0.199. The van der Waals surface area contributed by atoms with Gasteiger partial charge in [0.25, 0.3) is 0 Å². The van der Waals surface area contributed by atoms with Gasteiger partial charge < -0.3 is 0 Å². The van der Waals surface area contributed by atoms with Crippen LogP contribution in [0.15, 0.2) is 161 Å². The summed E-state index contributed by atoms with van der Waals surface area (Å²) in [4.78, 5) is 5.09. The third-order valence-corrected chi connectivity index (χ3v) is 10.7. The molecule has 5 aromatic rings. The Bertz CT molecular complexity index is 2230. The van der Waals surface area contributed by atoms with Crippen molar-refractivity contribution in [2.75, 3.05) is 0 Å². The van der Waals surface area contributed by atoms with Crippen LogP contribution in [0.4, 0.5) is 0 Å². The van der Waals surface area contributed by atoms with E-state index in [1.54, 1.807) is 0 Å². The third kappa shape index (κ3) is 4.58. The number of hydrogen-bond acceptors (Lipinski definition) is 1. The Morgan fingerprint density at radius 3 is 2.40 bits per heavy atom. The first-order valence-electron chi connectivity index (χ1n) is 17.1. The van der Waals surface area contributed by atoms with Crippen LogP contribution in [0.1, 0.15) is 43.4 Å². The van der Waals surface area contributed by atoms with Crippen molar-refractivity contribution >= 4 is 22.7 Å². The SMILES string of the molecule is CC1C=CC=C2C(C3=Cc4ccccc4CC3)=C3C=CC[C@@H](C)C3=C(c3ccc(-n4c(-c5ccccc5)nc5ccccc54)cc3)C21. The lowest BCUT2D eigenvalue weighted by Crippen LogP contribution is -2.28. The molecule has 0 bridgehead atoms. The lowest BCUT2D eigenvalue weighted by atomic mass is 9.62. The fraction of sp³-hybridized carbons (Fsp3) is 0.178. The maximum atomic E-state index is 5.09. The Morgan fingerprint density at radius 1 is 0.745 bits per heavy atom. The van der Waals surface area contributed by atoms with Crippen LogP contribution in [0.3, 0.4) is 0 Å². The van der Waals surface area contributed by atoms with Crippen LogP contribution in [0.5, 0.6) is 0 Å². The molecule has 47 heavy (non-hydrogen) atoms. The first-order valence-corrected chi connectivity index (χ1v) is 17.1. The number of hydrogen-bond donors (Lipinski definition) is 0. The maximum Gasteiger partial charge on any atom is 0.145 e. The third-order valence-electron chi connectivity index (χ3n) is 10.7. The van der Waals surface area contributed by atoms with Crippen molar-refractivity contribution in [2.24, 2.45) is 17.8 Å². The van der Waals surface area contributed by atoms with Crippen LogP contribution in [0.25, 0.3) is 39.8 Å². The normalized spacial score (nSPS) is 21.7. The van der Waals surface area contributed by atoms with Crippen molar-refractivity contribution in [3.8, 4) is 17.1 Å². The highest BCUT2D eigenvalue weighted by Crippen LogP contribution is 2.54. The second kappa shape index (κ2) is 11.2. The Labute approximate surface area is 277 Å². The summed E-state index contributed by atoms with van der Waals surface area (Å²) in [7, 11) is 0. The number of imidazole rings is 1. The van der Waals surface area contributed by atoms with Crippen molar-refractivity contribution in [1.82, 2.24) is 9.55 Å². The predicted molar refractivity (Wildman–Crippen MR) is 196 cm³/mol. The molecule has 1 heterocycles. The Morgan fingerprint density at radius 2 is 1.53 bits per heavy atom. The molecule has 2 heteroatoms. The molecule has 9 rings (SSSR count). The molecular formula is C45H38N2. The van der Waals surface area contributed by atoms with Gasteiger partial charge in [-0.1, -0.05) is 129 Å². The minimum absolute atomic E-state index is 0.320. The molecule has 2 unspecified atom stereocenters. The van der Waals surface area contributed by atoms with E-state index >= 15 is 0 Å². The number of rotatable bonds is 4. The number of benzene rings is 4. The molecule has 4 aliphatic carbocycles. The van der Waals surface area contributed by atoms with Crippen molar-refractivity contribution in [1.29, 1.82) is 0 Å². The summed E-state index contributed by atoms with van der Waals surface area (Å²) in [6, 6.07) is 37.3. The topological polar surface area (TPSA) is 17.8 Å². The lowest BCUT2D eigenvalue weighted by Gasteiger charge is -2.42. The molecule has 0 aliphatic heterocycles. The number of aryl methyl sites for hydroxylation is 1. The second-order valence-corrected chi connectivity index (χ2v) is 13.5. The van der Waals surface area contributed by atoms with E-state index < -0.39 is 0 Å². The fourth-order valence-electron chi connectivity index (χ4n) is 8.49. The predicted octanol–water partition coefficient (Wildman–Crippen LogP) is 11.1. The Kier molecular flexibility index (Phi) is 6.71. The molecule has 3 atom stereocenters. The molecule has 0 saturated carbocycles. The highest BCUT2D eigenvalue weighted by atomic mass is 15.1. The summed E-state index contributed by atoms with van der Waals surface area (Å²) >= 11 is 0. The standard InChI is InChI=1S/C45H38N2/c1-29-12-10-18-37-41(29)44(42-30(2)13-11-19-38(42)43(37)35-23-22-31-14-6-7-17-34(31)28-35)32-24-26-36(27-25-32)47-40-21-9-8-20-39(40)46-45(47)33-15-4-3-5-16-33/h3-12,14-21,24-30,41H,13,22-23H2,1-2H3/t29?,30-,41?/m1/s1. The minimum Gasteiger partial charge on any atom is -0.292 e. The number of para-hydroxylation sites is 2. The Balaban J connectivity index is 1.22. The van der Waals surface area contributed by atoms with Crippen LogP contribution in [-0.2, 0) is 6.42 Å². The van der Waals surface area contributed by atoms with Crippen molar-refractivity contribution < 1.29 is 0 Å². The van der Waals surface area contributed by atoms with E-state index in [1.807, 2.05) is 0 Å². The molecule has 1 aromatic heterocycles. The van der Waals surface area contributed by atoms with Gasteiger partial charge in [-0.2, -0.15) is 0 Å². The largest absolute Gasteiger partial charge is 0.292 e. The van der Waals surface area contributed by atoms with Crippen LogP contribution in [0.2, 0.25) is 0 Å². The smallest absolute Gasteiger partial charge is 0.145 e. The van der Waals surface area contributed by atoms with E-state index in [-0.39, 0.29) is 0 Å². The van der Waals surface area contributed by atoms with Crippen molar-refractivity contribution in [3.05, 3.63) is 178 Å². The molecule has 0 fully saturated rings. The maximum absolute atomic E-state index is 5.09. The van der Waals surface area contributed by atoms with Crippen LogP contribution in [0, 0.1) is 17.8 Å². The summed E-state index contributed by atoms with van der Waals surface area (Å²) in [5.41, 5.74) is 17.5. The van der Waals surface area contributed by atoms with Gasteiger partial charge >= 0.3 is 0 Å². The number of aromatic nitrogens is 2. The molecule has 4 aliphatic rings. The minimum atomic E-state index is 0.320. The van der Waals surface area contributed by atoms with Gasteiger partial charge in [-0.15, -0.1) is 0 Å². The molecule has 0 N–H and O–H groups in total. The van der Waals surface area contributed by atoms with Gasteiger partial charge in [0, 0.05) is 17.2 Å². The van der Waals surface area contributed by atoms with E-state index in [4.69, 9.17) is 4.98 Å². The average molecular weight is 607 g/mol. The zero-order valence-electron chi connectivity index (χ0n) is 27.0. The number of allylic oxidation sites excluding steroid dienone is 11.